The quantitative estimate of drug-likeness (QED) is 0.536. The molecule has 7 heteroatoms. The molecule has 1 aromatic heterocycles. The molecule has 4 nitrogen and oxygen atoms in total. The van der Waals surface area contributed by atoms with Crippen molar-refractivity contribution in [2.45, 2.75) is 12.6 Å². The van der Waals surface area contributed by atoms with Crippen LogP contribution < -0.4 is 4.90 Å². The van der Waals surface area contributed by atoms with Gasteiger partial charge in [0.1, 0.15) is 0 Å². The summed E-state index contributed by atoms with van der Waals surface area (Å²) in [6.45, 7) is 4.67. The molecular formula is C21H21Cl3N4. The van der Waals surface area contributed by atoms with E-state index in [4.69, 9.17) is 34.8 Å². The van der Waals surface area contributed by atoms with Crippen molar-refractivity contribution in [1.82, 2.24) is 14.5 Å². The van der Waals surface area contributed by atoms with Crippen LogP contribution in [-0.2, 0) is 6.54 Å². The summed E-state index contributed by atoms with van der Waals surface area (Å²) >= 11 is 18.8. The maximum absolute atomic E-state index is 6.53. The number of hydrogen-bond donors (Lipinski definition) is 0. The Hall–Kier alpha value is -1.72. The fraction of sp³-hybridized carbons (Fsp3) is 0.286. The van der Waals surface area contributed by atoms with Gasteiger partial charge < -0.3 is 9.47 Å². The average Bonchev–Trinajstić information content (AvgIpc) is 3.21. The topological polar surface area (TPSA) is 24.3 Å². The van der Waals surface area contributed by atoms with Crippen molar-refractivity contribution in [3.63, 3.8) is 0 Å². The Bertz CT molecular complexity index is 912. The van der Waals surface area contributed by atoms with E-state index in [1.165, 1.54) is 5.56 Å². The zero-order chi connectivity index (χ0) is 19.5. The van der Waals surface area contributed by atoms with Gasteiger partial charge in [0, 0.05) is 55.2 Å². The molecule has 0 radical (unpaired) electrons. The lowest BCUT2D eigenvalue weighted by Crippen LogP contribution is -2.49. The Balaban J connectivity index is 1.58. The molecule has 28 heavy (non-hydrogen) atoms. The van der Waals surface area contributed by atoms with Crippen LogP contribution in [0.2, 0.25) is 15.1 Å². The fourth-order valence-electron chi connectivity index (χ4n) is 3.69. The second-order valence-corrected chi connectivity index (χ2v) is 8.24. The van der Waals surface area contributed by atoms with Crippen LogP contribution in [0.25, 0.3) is 0 Å². The Morgan fingerprint density at radius 2 is 1.71 bits per heavy atom. The van der Waals surface area contributed by atoms with E-state index in [1.807, 2.05) is 49.1 Å². The number of piperazine rings is 1. The van der Waals surface area contributed by atoms with E-state index < -0.39 is 0 Å². The van der Waals surface area contributed by atoms with Gasteiger partial charge in [-0.3, -0.25) is 4.90 Å². The summed E-state index contributed by atoms with van der Waals surface area (Å²) in [5.74, 6) is 0. The van der Waals surface area contributed by atoms with Gasteiger partial charge in [0.05, 0.1) is 23.1 Å². The van der Waals surface area contributed by atoms with Crippen molar-refractivity contribution in [2.75, 3.05) is 31.1 Å². The Kier molecular flexibility index (Phi) is 6.12. The summed E-state index contributed by atoms with van der Waals surface area (Å²) in [6, 6.07) is 14.0. The SMILES string of the molecule is Clc1ccc([C@@H]2CN(CCn3ccnc3)CCN2c2ccc(Cl)cc2Cl)cc1. The first-order chi connectivity index (χ1) is 13.6. The highest BCUT2D eigenvalue weighted by molar-refractivity contribution is 6.36. The van der Waals surface area contributed by atoms with Gasteiger partial charge in [-0.1, -0.05) is 46.9 Å². The molecule has 146 valence electrons. The van der Waals surface area contributed by atoms with E-state index in [9.17, 15) is 0 Å². The molecule has 0 N–H and O–H groups in total. The van der Waals surface area contributed by atoms with Crippen molar-refractivity contribution in [2.24, 2.45) is 0 Å². The summed E-state index contributed by atoms with van der Waals surface area (Å²) in [6.07, 6.45) is 5.68. The first-order valence-corrected chi connectivity index (χ1v) is 10.4. The van der Waals surface area contributed by atoms with Crippen LogP contribution in [0, 0.1) is 0 Å². The molecule has 1 aliphatic heterocycles. The first kappa shape index (κ1) is 19.6. The predicted molar refractivity (Wildman–Crippen MR) is 117 cm³/mol. The molecule has 0 spiro atoms. The van der Waals surface area contributed by atoms with Crippen LogP contribution in [0.3, 0.4) is 0 Å². The van der Waals surface area contributed by atoms with Crippen LogP contribution in [0.15, 0.2) is 61.2 Å². The normalized spacial score (nSPS) is 17.8. The maximum Gasteiger partial charge on any atom is 0.0946 e. The Morgan fingerprint density at radius 3 is 2.43 bits per heavy atom. The Morgan fingerprint density at radius 1 is 0.929 bits per heavy atom. The molecule has 1 fully saturated rings. The van der Waals surface area contributed by atoms with Crippen molar-refractivity contribution in [3.8, 4) is 0 Å². The number of aromatic nitrogens is 2. The van der Waals surface area contributed by atoms with E-state index in [0.29, 0.717) is 10.0 Å². The molecule has 0 aliphatic carbocycles. The van der Waals surface area contributed by atoms with Crippen LogP contribution in [0.5, 0.6) is 0 Å². The first-order valence-electron chi connectivity index (χ1n) is 9.25. The summed E-state index contributed by atoms with van der Waals surface area (Å²) in [7, 11) is 0. The number of hydrogen-bond acceptors (Lipinski definition) is 3. The van der Waals surface area contributed by atoms with E-state index >= 15 is 0 Å². The zero-order valence-electron chi connectivity index (χ0n) is 15.3. The van der Waals surface area contributed by atoms with Crippen LogP contribution in [-0.4, -0.2) is 40.6 Å². The lowest BCUT2D eigenvalue weighted by molar-refractivity contribution is 0.216. The number of rotatable bonds is 5. The number of nitrogens with zero attached hydrogens (tertiary/aromatic N) is 4. The van der Waals surface area contributed by atoms with E-state index in [1.54, 1.807) is 0 Å². The molecule has 0 bridgehead atoms. The van der Waals surface area contributed by atoms with Gasteiger partial charge in [-0.25, -0.2) is 4.98 Å². The van der Waals surface area contributed by atoms with Gasteiger partial charge in [-0.05, 0) is 35.9 Å². The lowest BCUT2D eigenvalue weighted by Gasteiger charge is -2.43. The molecule has 0 saturated carbocycles. The Labute approximate surface area is 180 Å². The third kappa shape index (κ3) is 4.47. The number of anilines is 1. The van der Waals surface area contributed by atoms with Crippen molar-refractivity contribution >= 4 is 40.5 Å². The number of benzene rings is 2. The predicted octanol–water partition coefficient (Wildman–Crippen LogP) is 5.41. The van der Waals surface area contributed by atoms with Crippen molar-refractivity contribution in [3.05, 3.63) is 81.8 Å². The monoisotopic (exact) mass is 434 g/mol. The maximum atomic E-state index is 6.53. The molecule has 3 aromatic rings. The van der Waals surface area contributed by atoms with Gasteiger partial charge in [0.15, 0.2) is 0 Å². The molecule has 1 atom stereocenters. The minimum Gasteiger partial charge on any atom is -0.361 e. The molecule has 1 saturated heterocycles. The van der Waals surface area contributed by atoms with Gasteiger partial charge >= 0.3 is 0 Å². The highest BCUT2D eigenvalue weighted by Gasteiger charge is 2.29. The summed E-state index contributed by atoms with van der Waals surface area (Å²) in [5, 5.41) is 2.07. The second kappa shape index (κ2) is 8.75. The van der Waals surface area contributed by atoms with Gasteiger partial charge in [-0.15, -0.1) is 0 Å². The van der Waals surface area contributed by atoms with Gasteiger partial charge in [0.2, 0.25) is 0 Å². The van der Waals surface area contributed by atoms with E-state index in [0.717, 1.165) is 43.4 Å². The highest BCUT2D eigenvalue weighted by Crippen LogP contribution is 2.36. The summed E-state index contributed by atoms with van der Waals surface area (Å²) < 4.78 is 2.11. The fourth-order valence-corrected chi connectivity index (χ4v) is 4.33. The largest absolute Gasteiger partial charge is 0.361 e. The second-order valence-electron chi connectivity index (χ2n) is 6.96. The van der Waals surface area contributed by atoms with Gasteiger partial charge in [0.25, 0.3) is 0 Å². The van der Waals surface area contributed by atoms with Crippen LogP contribution in [0.1, 0.15) is 11.6 Å². The smallest absolute Gasteiger partial charge is 0.0946 e. The third-order valence-electron chi connectivity index (χ3n) is 5.17. The molecule has 2 aromatic carbocycles. The third-order valence-corrected chi connectivity index (χ3v) is 5.96. The number of imidazole rings is 1. The summed E-state index contributed by atoms with van der Waals surface area (Å²) in [4.78, 5) is 8.98. The van der Waals surface area contributed by atoms with Crippen molar-refractivity contribution < 1.29 is 0 Å². The average molecular weight is 436 g/mol. The lowest BCUT2D eigenvalue weighted by atomic mass is 10.0. The minimum absolute atomic E-state index is 0.187. The molecule has 0 unspecified atom stereocenters. The molecule has 0 amide bonds. The van der Waals surface area contributed by atoms with E-state index in [2.05, 4.69) is 31.5 Å². The van der Waals surface area contributed by atoms with Crippen molar-refractivity contribution in [1.29, 1.82) is 0 Å². The van der Waals surface area contributed by atoms with Gasteiger partial charge in [-0.2, -0.15) is 0 Å². The zero-order valence-corrected chi connectivity index (χ0v) is 17.6. The number of halogens is 3. The molecule has 2 heterocycles. The van der Waals surface area contributed by atoms with Crippen LogP contribution in [0.4, 0.5) is 5.69 Å². The standard InChI is InChI=1S/C21H21Cl3N4/c22-17-3-1-16(2-4-17)21-14-26(9-10-27-8-7-25-15-27)11-12-28(21)20-6-5-18(23)13-19(20)24/h1-8,13,15,21H,9-12,14H2/t21-/m0/s1. The van der Waals surface area contributed by atoms with Crippen LogP contribution >= 0.6 is 34.8 Å². The molecular weight excluding hydrogens is 415 g/mol. The molecule has 1 aliphatic rings. The summed E-state index contributed by atoms with van der Waals surface area (Å²) in [5.41, 5.74) is 2.24. The molecule has 4 rings (SSSR count). The highest BCUT2D eigenvalue weighted by atomic mass is 35.5. The van der Waals surface area contributed by atoms with E-state index in [-0.39, 0.29) is 6.04 Å². The minimum atomic E-state index is 0.187.